The molecule has 4 aromatic rings. The van der Waals surface area contributed by atoms with Crippen LogP contribution in [0.25, 0.3) is 10.9 Å². The molecule has 1 aliphatic heterocycles. The molecule has 0 aliphatic carbocycles. The molecule has 2 N–H and O–H groups in total. The first kappa shape index (κ1) is 26.4. The second-order valence-corrected chi connectivity index (χ2v) is 9.06. The number of nitrogens with zero attached hydrogens (tertiary/aromatic N) is 2. The number of fused-ring (bicyclic) bond motifs is 2. The van der Waals surface area contributed by atoms with Crippen LogP contribution in [-0.2, 0) is 24.4 Å². The number of hydrogen-bond acceptors (Lipinski definition) is 6. The highest BCUT2D eigenvalue weighted by Gasteiger charge is 2.18. The molecule has 0 spiro atoms. The Morgan fingerprint density at radius 3 is 2.52 bits per heavy atom. The lowest BCUT2D eigenvalue weighted by molar-refractivity contribution is -0.116. The smallest absolute Gasteiger partial charge is 0.331 e. The summed E-state index contributed by atoms with van der Waals surface area (Å²) in [4.78, 5) is 52.4. The maximum atomic E-state index is 13.4. The Morgan fingerprint density at radius 2 is 1.75 bits per heavy atom. The van der Waals surface area contributed by atoms with Crippen molar-refractivity contribution in [3.05, 3.63) is 111 Å². The van der Waals surface area contributed by atoms with Crippen molar-refractivity contribution in [1.82, 2.24) is 14.5 Å². The van der Waals surface area contributed by atoms with E-state index in [4.69, 9.17) is 9.47 Å². The van der Waals surface area contributed by atoms with E-state index in [2.05, 4.69) is 17.2 Å². The van der Waals surface area contributed by atoms with Crippen LogP contribution < -0.4 is 31.4 Å². The number of ether oxygens (including phenoxy) is 2. The van der Waals surface area contributed by atoms with E-state index in [1.165, 1.54) is 42.5 Å². The molecule has 5 rings (SSSR count). The zero-order chi connectivity index (χ0) is 28.2. The molecule has 0 saturated carbocycles. The topological polar surface area (TPSA) is 121 Å². The standard InChI is InChI=1S/C29H25FN4O6/c1-2-3-12-33-28(37)22-10-5-19(27(36)31-15-18-4-11-24-25(13-18)40-17-39-24)14-23(22)34(29(33)38)16-26(35)32-21-8-6-20(30)7-9-21/h2,4-11,13-14H,1,3,12,15-17H2,(H,31,36)(H,32,35). The van der Waals surface area contributed by atoms with E-state index in [9.17, 15) is 23.6 Å². The predicted octanol–water partition coefficient (Wildman–Crippen LogP) is 3.18. The van der Waals surface area contributed by atoms with Crippen LogP contribution in [-0.4, -0.2) is 27.7 Å². The minimum Gasteiger partial charge on any atom is -0.454 e. The Labute approximate surface area is 227 Å². The van der Waals surface area contributed by atoms with Crippen molar-refractivity contribution in [3.63, 3.8) is 0 Å². The molecule has 0 fully saturated rings. The number of amides is 2. The molecule has 11 heteroatoms. The lowest BCUT2D eigenvalue weighted by Crippen LogP contribution is -2.42. The summed E-state index contributed by atoms with van der Waals surface area (Å²) in [5.74, 6) is -0.247. The number of anilines is 1. The minimum absolute atomic E-state index is 0.0778. The van der Waals surface area contributed by atoms with Gasteiger partial charge in [0, 0.05) is 24.3 Å². The van der Waals surface area contributed by atoms with Gasteiger partial charge >= 0.3 is 5.69 Å². The molecule has 1 aromatic heterocycles. The van der Waals surface area contributed by atoms with Crippen molar-refractivity contribution in [3.8, 4) is 11.5 Å². The van der Waals surface area contributed by atoms with E-state index in [0.29, 0.717) is 23.6 Å². The van der Waals surface area contributed by atoms with E-state index in [1.54, 1.807) is 24.3 Å². The van der Waals surface area contributed by atoms with Gasteiger partial charge in [-0.05, 0) is 66.6 Å². The second-order valence-electron chi connectivity index (χ2n) is 9.06. The summed E-state index contributed by atoms with van der Waals surface area (Å²) < 4.78 is 26.1. The molecule has 3 aromatic carbocycles. The van der Waals surface area contributed by atoms with Crippen LogP contribution >= 0.6 is 0 Å². The van der Waals surface area contributed by atoms with Gasteiger partial charge in [-0.25, -0.2) is 9.18 Å². The molecule has 0 bridgehead atoms. The summed E-state index contributed by atoms with van der Waals surface area (Å²) in [6, 6.07) is 14.9. The maximum absolute atomic E-state index is 13.4. The van der Waals surface area contributed by atoms with Gasteiger partial charge < -0.3 is 20.1 Å². The van der Waals surface area contributed by atoms with Crippen molar-refractivity contribution in [2.45, 2.75) is 26.1 Å². The normalized spacial score (nSPS) is 11.8. The number of carbonyl (C=O) groups is 2. The summed E-state index contributed by atoms with van der Waals surface area (Å²) in [6.45, 7) is 3.61. The number of rotatable bonds is 9. The first-order valence-electron chi connectivity index (χ1n) is 12.4. The van der Waals surface area contributed by atoms with E-state index in [0.717, 1.165) is 14.7 Å². The van der Waals surface area contributed by atoms with Crippen molar-refractivity contribution >= 4 is 28.4 Å². The Bertz CT molecular complexity index is 1740. The fourth-order valence-corrected chi connectivity index (χ4v) is 4.34. The van der Waals surface area contributed by atoms with Crippen LogP contribution in [0.2, 0.25) is 0 Å². The Balaban J connectivity index is 1.45. The summed E-state index contributed by atoms with van der Waals surface area (Å²) >= 11 is 0. The molecular formula is C29H25FN4O6. The lowest BCUT2D eigenvalue weighted by Gasteiger charge is -2.15. The highest BCUT2D eigenvalue weighted by atomic mass is 19.1. The minimum atomic E-state index is -0.702. The first-order valence-corrected chi connectivity index (χ1v) is 12.4. The van der Waals surface area contributed by atoms with Gasteiger partial charge in [0.2, 0.25) is 12.7 Å². The van der Waals surface area contributed by atoms with Crippen LogP contribution in [0.4, 0.5) is 10.1 Å². The molecule has 2 heterocycles. The molecule has 204 valence electrons. The van der Waals surface area contributed by atoms with Crippen LogP contribution in [0.5, 0.6) is 11.5 Å². The van der Waals surface area contributed by atoms with Crippen molar-refractivity contribution in [2.75, 3.05) is 12.1 Å². The van der Waals surface area contributed by atoms with E-state index in [-0.39, 0.29) is 36.3 Å². The fourth-order valence-electron chi connectivity index (χ4n) is 4.34. The van der Waals surface area contributed by atoms with Gasteiger partial charge in [-0.1, -0.05) is 12.1 Å². The van der Waals surface area contributed by atoms with Crippen molar-refractivity contribution < 1.29 is 23.5 Å². The highest BCUT2D eigenvalue weighted by Crippen LogP contribution is 2.32. The third-order valence-corrected chi connectivity index (χ3v) is 6.36. The first-order chi connectivity index (χ1) is 19.3. The van der Waals surface area contributed by atoms with Gasteiger partial charge in [0.05, 0.1) is 10.9 Å². The van der Waals surface area contributed by atoms with Crippen LogP contribution in [0.1, 0.15) is 22.3 Å². The van der Waals surface area contributed by atoms with Crippen molar-refractivity contribution in [2.24, 2.45) is 0 Å². The quantitative estimate of drug-likeness (QED) is 0.313. The molecular weight excluding hydrogens is 519 g/mol. The highest BCUT2D eigenvalue weighted by molar-refractivity contribution is 5.98. The van der Waals surface area contributed by atoms with Gasteiger partial charge in [0.25, 0.3) is 11.5 Å². The molecule has 0 radical (unpaired) electrons. The zero-order valence-electron chi connectivity index (χ0n) is 21.3. The van der Waals surface area contributed by atoms with Crippen LogP contribution in [0.3, 0.4) is 0 Å². The van der Waals surface area contributed by atoms with Gasteiger partial charge in [-0.2, -0.15) is 0 Å². The number of halogens is 1. The molecule has 1 aliphatic rings. The molecule has 0 saturated heterocycles. The Morgan fingerprint density at radius 1 is 0.975 bits per heavy atom. The lowest BCUT2D eigenvalue weighted by atomic mass is 10.1. The van der Waals surface area contributed by atoms with Crippen LogP contribution in [0.15, 0.2) is 82.9 Å². The third kappa shape index (κ3) is 5.48. The van der Waals surface area contributed by atoms with Gasteiger partial charge in [0.1, 0.15) is 12.4 Å². The number of carbonyl (C=O) groups excluding carboxylic acids is 2. The summed E-state index contributed by atoms with van der Waals surface area (Å²) in [7, 11) is 0. The largest absolute Gasteiger partial charge is 0.454 e. The summed E-state index contributed by atoms with van der Waals surface area (Å²) in [6.07, 6.45) is 1.94. The van der Waals surface area contributed by atoms with Crippen molar-refractivity contribution in [1.29, 1.82) is 0 Å². The van der Waals surface area contributed by atoms with E-state index in [1.807, 2.05) is 0 Å². The van der Waals surface area contributed by atoms with E-state index < -0.39 is 35.4 Å². The molecule has 40 heavy (non-hydrogen) atoms. The fraction of sp³-hybridized carbons (Fsp3) is 0.172. The van der Waals surface area contributed by atoms with Crippen LogP contribution in [0, 0.1) is 5.82 Å². The number of allylic oxidation sites excluding steroid dienone is 1. The SMILES string of the molecule is C=CCCn1c(=O)c2ccc(C(=O)NCc3ccc4c(c3)OCO4)cc2n(CC(=O)Nc2ccc(F)cc2)c1=O. The average molecular weight is 545 g/mol. The maximum Gasteiger partial charge on any atom is 0.331 e. The third-order valence-electron chi connectivity index (χ3n) is 6.36. The monoisotopic (exact) mass is 544 g/mol. The van der Waals surface area contributed by atoms with Gasteiger partial charge in [0.15, 0.2) is 11.5 Å². The number of nitrogens with one attached hydrogen (secondary N) is 2. The molecule has 0 unspecified atom stereocenters. The number of aromatic nitrogens is 2. The average Bonchev–Trinajstić information content (AvgIpc) is 3.43. The summed E-state index contributed by atoms with van der Waals surface area (Å²) in [5.41, 5.74) is 0.222. The second kappa shape index (κ2) is 11.3. The molecule has 0 atom stereocenters. The van der Waals surface area contributed by atoms with E-state index >= 15 is 0 Å². The number of benzene rings is 3. The Hall–Kier alpha value is -5.19. The zero-order valence-corrected chi connectivity index (χ0v) is 21.3. The Kier molecular flexibility index (Phi) is 7.45. The summed E-state index contributed by atoms with van der Waals surface area (Å²) in [5, 5.41) is 5.59. The van der Waals surface area contributed by atoms with Gasteiger partial charge in [-0.15, -0.1) is 6.58 Å². The molecule has 10 nitrogen and oxygen atoms in total. The predicted molar refractivity (Wildman–Crippen MR) is 146 cm³/mol. The molecule has 2 amide bonds. The number of hydrogen-bond donors (Lipinski definition) is 2. The van der Waals surface area contributed by atoms with Gasteiger partial charge in [-0.3, -0.25) is 23.5 Å².